The van der Waals surface area contributed by atoms with Crippen LogP contribution in [0.3, 0.4) is 0 Å². The maximum Gasteiger partial charge on any atom is 0.340 e. The van der Waals surface area contributed by atoms with E-state index in [9.17, 15) is 4.79 Å². The Balaban J connectivity index is 2.34. The molecule has 0 radical (unpaired) electrons. The summed E-state index contributed by atoms with van der Waals surface area (Å²) in [5, 5.41) is 0. The van der Waals surface area contributed by atoms with E-state index in [2.05, 4.69) is 15.9 Å². The minimum absolute atomic E-state index is 0.115. The molecule has 2 heterocycles. The van der Waals surface area contributed by atoms with Crippen molar-refractivity contribution < 1.29 is 14.3 Å². The molecular formula is C8H11BrO3. The number of esters is 1. The van der Waals surface area contributed by atoms with Crippen LogP contribution in [0.15, 0.2) is 0 Å². The largest absolute Gasteiger partial charge is 0.430 e. The van der Waals surface area contributed by atoms with E-state index in [4.69, 9.17) is 9.47 Å². The standard InChI is InChI=1S/C8H11BrO3/c1-7-4-3-5(9)8(2,12-7)11-6(7)10/h5H,3-4H2,1-2H3. The summed E-state index contributed by atoms with van der Waals surface area (Å²) in [6.07, 6.45) is 1.65. The highest BCUT2D eigenvalue weighted by molar-refractivity contribution is 9.09. The molecule has 0 N–H and O–H groups in total. The number of fused-ring (bicyclic) bond motifs is 2. The van der Waals surface area contributed by atoms with Crippen molar-refractivity contribution in [3.05, 3.63) is 0 Å². The lowest BCUT2D eigenvalue weighted by molar-refractivity contribution is -0.190. The Bertz CT molecular complexity index is 242. The van der Waals surface area contributed by atoms with Gasteiger partial charge in [0.15, 0.2) is 5.60 Å². The molecule has 0 amide bonds. The first-order valence-corrected chi connectivity index (χ1v) is 4.95. The van der Waals surface area contributed by atoms with E-state index >= 15 is 0 Å². The van der Waals surface area contributed by atoms with E-state index in [-0.39, 0.29) is 10.8 Å². The van der Waals surface area contributed by atoms with E-state index in [1.54, 1.807) is 13.8 Å². The number of ether oxygens (including phenoxy) is 2. The second-order valence-electron chi connectivity index (χ2n) is 3.74. The summed E-state index contributed by atoms with van der Waals surface area (Å²) in [6, 6.07) is 0. The molecular weight excluding hydrogens is 224 g/mol. The van der Waals surface area contributed by atoms with Crippen LogP contribution in [0.2, 0.25) is 0 Å². The quantitative estimate of drug-likeness (QED) is 0.472. The fourth-order valence-electron chi connectivity index (χ4n) is 1.75. The molecule has 4 heteroatoms. The zero-order valence-corrected chi connectivity index (χ0v) is 8.68. The first kappa shape index (κ1) is 8.51. The summed E-state index contributed by atoms with van der Waals surface area (Å²) in [7, 11) is 0. The number of carbonyl (C=O) groups excluding carboxylic acids is 1. The lowest BCUT2D eigenvalue weighted by atomic mass is 9.95. The molecule has 3 nitrogen and oxygen atoms in total. The average molecular weight is 235 g/mol. The van der Waals surface area contributed by atoms with Crippen molar-refractivity contribution >= 4 is 21.9 Å². The Kier molecular flexibility index (Phi) is 1.58. The highest BCUT2D eigenvalue weighted by Crippen LogP contribution is 2.46. The zero-order chi connectivity index (χ0) is 8.98. The Labute approximate surface area is 79.5 Å². The summed E-state index contributed by atoms with van der Waals surface area (Å²) >= 11 is 3.45. The van der Waals surface area contributed by atoms with Crippen molar-refractivity contribution in [2.45, 2.75) is 42.9 Å². The predicted molar refractivity (Wildman–Crippen MR) is 45.9 cm³/mol. The van der Waals surface area contributed by atoms with E-state index < -0.39 is 11.4 Å². The third kappa shape index (κ3) is 0.941. The van der Waals surface area contributed by atoms with Crippen molar-refractivity contribution in [1.29, 1.82) is 0 Å². The number of halogens is 1. The third-order valence-corrected chi connectivity index (χ3v) is 3.89. The molecule has 0 aromatic heterocycles. The summed E-state index contributed by atoms with van der Waals surface area (Å²) in [6.45, 7) is 3.59. The van der Waals surface area contributed by atoms with Crippen LogP contribution in [0.25, 0.3) is 0 Å². The molecule has 12 heavy (non-hydrogen) atoms. The van der Waals surface area contributed by atoms with Gasteiger partial charge in [-0.3, -0.25) is 0 Å². The van der Waals surface area contributed by atoms with E-state index in [1.165, 1.54) is 0 Å². The molecule has 3 atom stereocenters. The lowest BCUT2D eigenvalue weighted by Crippen LogP contribution is -2.45. The number of rotatable bonds is 0. The molecule has 68 valence electrons. The van der Waals surface area contributed by atoms with Crippen LogP contribution in [-0.4, -0.2) is 22.2 Å². The highest BCUT2D eigenvalue weighted by atomic mass is 79.9. The van der Waals surface area contributed by atoms with Crippen LogP contribution in [0.5, 0.6) is 0 Å². The van der Waals surface area contributed by atoms with Crippen molar-refractivity contribution in [2.75, 3.05) is 0 Å². The molecule has 0 aliphatic carbocycles. The van der Waals surface area contributed by atoms with E-state index in [1.807, 2.05) is 0 Å². The molecule has 0 aromatic carbocycles. The van der Waals surface area contributed by atoms with Gasteiger partial charge in [0.2, 0.25) is 5.79 Å². The van der Waals surface area contributed by atoms with Crippen LogP contribution in [-0.2, 0) is 14.3 Å². The summed E-state index contributed by atoms with van der Waals surface area (Å²) < 4.78 is 10.8. The number of carbonyl (C=O) groups is 1. The van der Waals surface area contributed by atoms with Gasteiger partial charge in [-0.25, -0.2) is 4.79 Å². The minimum Gasteiger partial charge on any atom is -0.430 e. The number of hydrogen-bond acceptors (Lipinski definition) is 3. The Morgan fingerprint density at radius 2 is 2.25 bits per heavy atom. The molecule has 3 unspecified atom stereocenters. The number of alkyl halides is 1. The SMILES string of the molecule is CC12CCC(Br)C(C)(OC1=O)O2. The van der Waals surface area contributed by atoms with Gasteiger partial charge >= 0.3 is 5.97 Å². The van der Waals surface area contributed by atoms with Crippen LogP contribution in [0.4, 0.5) is 0 Å². The fraction of sp³-hybridized carbons (Fsp3) is 0.875. The van der Waals surface area contributed by atoms with Crippen LogP contribution < -0.4 is 0 Å². The van der Waals surface area contributed by atoms with Gasteiger partial charge in [-0.05, 0) is 19.8 Å². The second-order valence-corrected chi connectivity index (χ2v) is 4.85. The maximum absolute atomic E-state index is 11.4. The van der Waals surface area contributed by atoms with Gasteiger partial charge in [-0.15, -0.1) is 0 Å². The summed E-state index contributed by atoms with van der Waals surface area (Å²) in [4.78, 5) is 11.5. The Morgan fingerprint density at radius 3 is 2.83 bits per heavy atom. The molecule has 0 aromatic rings. The third-order valence-electron chi connectivity index (χ3n) is 2.60. The molecule has 0 spiro atoms. The fourth-order valence-corrected chi connectivity index (χ4v) is 2.16. The zero-order valence-electron chi connectivity index (χ0n) is 7.09. The number of hydrogen-bond donors (Lipinski definition) is 0. The van der Waals surface area contributed by atoms with Crippen LogP contribution in [0, 0.1) is 0 Å². The van der Waals surface area contributed by atoms with Gasteiger partial charge in [-0.1, -0.05) is 15.9 Å². The molecule has 2 rings (SSSR count). The molecule has 2 bridgehead atoms. The molecule has 2 saturated heterocycles. The minimum atomic E-state index is -0.746. The van der Waals surface area contributed by atoms with Crippen LogP contribution >= 0.6 is 15.9 Å². The van der Waals surface area contributed by atoms with Crippen molar-refractivity contribution in [1.82, 2.24) is 0 Å². The molecule has 0 saturated carbocycles. The van der Waals surface area contributed by atoms with E-state index in [0.29, 0.717) is 0 Å². The molecule has 2 fully saturated rings. The van der Waals surface area contributed by atoms with Crippen LogP contribution in [0.1, 0.15) is 26.7 Å². The van der Waals surface area contributed by atoms with Gasteiger partial charge in [0.1, 0.15) is 0 Å². The Hall–Kier alpha value is -0.0900. The molecule has 2 aliphatic rings. The summed E-state index contributed by atoms with van der Waals surface area (Å²) in [5.74, 6) is -0.976. The van der Waals surface area contributed by atoms with Crippen molar-refractivity contribution in [2.24, 2.45) is 0 Å². The van der Waals surface area contributed by atoms with Crippen molar-refractivity contribution in [3.63, 3.8) is 0 Å². The highest BCUT2D eigenvalue weighted by Gasteiger charge is 2.59. The average Bonchev–Trinajstić information content (AvgIpc) is 2.15. The topological polar surface area (TPSA) is 35.5 Å². The van der Waals surface area contributed by atoms with Crippen molar-refractivity contribution in [3.8, 4) is 0 Å². The monoisotopic (exact) mass is 234 g/mol. The first-order chi connectivity index (χ1) is 5.46. The van der Waals surface area contributed by atoms with Gasteiger partial charge in [-0.2, -0.15) is 0 Å². The van der Waals surface area contributed by atoms with Gasteiger partial charge in [0.25, 0.3) is 0 Å². The smallest absolute Gasteiger partial charge is 0.340 e. The first-order valence-electron chi connectivity index (χ1n) is 4.04. The predicted octanol–water partition coefficient (Wildman–Crippen LogP) is 1.59. The normalized spacial score (nSPS) is 52.2. The summed E-state index contributed by atoms with van der Waals surface area (Å²) in [5.41, 5.74) is -0.695. The van der Waals surface area contributed by atoms with Gasteiger partial charge in [0, 0.05) is 6.92 Å². The van der Waals surface area contributed by atoms with Gasteiger partial charge in [0.05, 0.1) is 4.83 Å². The molecule has 2 aliphatic heterocycles. The Morgan fingerprint density at radius 1 is 1.58 bits per heavy atom. The van der Waals surface area contributed by atoms with Gasteiger partial charge < -0.3 is 9.47 Å². The second kappa shape index (κ2) is 2.23. The maximum atomic E-state index is 11.4. The van der Waals surface area contributed by atoms with E-state index in [0.717, 1.165) is 12.8 Å². The lowest BCUT2D eigenvalue weighted by Gasteiger charge is -2.34.